The third-order valence-corrected chi connectivity index (χ3v) is 7.12. The fraction of sp³-hybridized carbons (Fsp3) is 0.391. The molecule has 36 heavy (non-hydrogen) atoms. The van der Waals surface area contributed by atoms with E-state index in [1.807, 2.05) is 10.8 Å². The summed E-state index contributed by atoms with van der Waals surface area (Å²) in [4.78, 5) is 30.3. The van der Waals surface area contributed by atoms with Gasteiger partial charge in [0.2, 0.25) is 21.8 Å². The molecule has 3 rings (SSSR count). The second-order valence-electron chi connectivity index (χ2n) is 8.14. The Labute approximate surface area is 206 Å². The van der Waals surface area contributed by atoms with Crippen LogP contribution in [0.15, 0.2) is 18.2 Å². The number of nitrogens with one attached hydrogen (secondary N) is 1. The minimum absolute atomic E-state index is 0.0956. The summed E-state index contributed by atoms with van der Waals surface area (Å²) in [7, 11) is -3.00. The lowest BCUT2D eigenvalue weighted by molar-refractivity contribution is -0.123. The van der Waals surface area contributed by atoms with E-state index < -0.39 is 50.8 Å². The molecule has 1 aliphatic heterocycles. The van der Waals surface area contributed by atoms with Crippen molar-refractivity contribution in [3.8, 4) is 11.9 Å². The highest BCUT2D eigenvalue weighted by atomic mass is 32.2. The molecular weight excluding hydrogens is 498 g/mol. The number of methoxy groups -OCH3 is 1. The Bertz CT molecular complexity index is 1340. The highest BCUT2D eigenvalue weighted by Gasteiger charge is 2.32. The third kappa shape index (κ3) is 5.54. The number of carbonyl (C=O) groups excluding carboxylic acids is 1. The number of carbonyl (C=O) groups is 2. The molecule has 192 valence electrons. The number of aromatic carboxylic acids is 1. The van der Waals surface area contributed by atoms with Crippen molar-refractivity contribution in [1.29, 1.82) is 5.26 Å². The molecule has 1 aromatic carbocycles. The number of halogens is 2. The van der Waals surface area contributed by atoms with Gasteiger partial charge in [0, 0.05) is 24.6 Å². The summed E-state index contributed by atoms with van der Waals surface area (Å²) in [6, 6.07) is 5.17. The fourth-order valence-electron chi connectivity index (χ4n) is 4.16. The van der Waals surface area contributed by atoms with Crippen LogP contribution in [0, 0.1) is 28.9 Å². The van der Waals surface area contributed by atoms with Gasteiger partial charge in [-0.15, -0.1) is 0 Å². The number of amides is 1. The lowest BCUT2D eigenvalue weighted by Gasteiger charge is -2.33. The first-order valence-electron chi connectivity index (χ1n) is 11.0. The fourth-order valence-corrected chi connectivity index (χ4v) is 5.33. The SMILES string of the molecule is CCc1c(C#N)c(N2CCC(C(=O)NS(=O)(=O)Cc3cccc(F)c3F)CC2)nc(OC)c1C(=O)O. The van der Waals surface area contributed by atoms with Crippen LogP contribution >= 0.6 is 0 Å². The van der Waals surface area contributed by atoms with Crippen LogP contribution in [0.1, 0.15) is 46.8 Å². The number of piperidine rings is 1. The van der Waals surface area contributed by atoms with Crippen LogP contribution in [-0.2, 0) is 27.0 Å². The predicted molar refractivity (Wildman–Crippen MR) is 124 cm³/mol. The molecule has 0 bridgehead atoms. The van der Waals surface area contributed by atoms with Gasteiger partial charge in [-0.1, -0.05) is 19.1 Å². The number of nitrogens with zero attached hydrogens (tertiary/aromatic N) is 3. The van der Waals surface area contributed by atoms with Gasteiger partial charge in [0.15, 0.2) is 17.5 Å². The second kappa shape index (κ2) is 10.9. The Hall–Kier alpha value is -3.79. The van der Waals surface area contributed by atoms with Crippen LogP contribution in [0.4, 0.5) is 14.6 Å². The van der Waals surface area contributed by atoms with Crippen LogP contribution in [0.5, 0.6) is 5.88 Å². The third-order valence-electron chi connectivity index (χ3n) is 5.92. The van der Waals surface area contributed by atoms with Crippen molar-refractivity contribution in [3.05, 3.63) is 52.1 Å². The van der Waals surface area contributed by atoms with Crippen molar-refractivity contribution in [2.24, 2.45) is 5.92 Å². The molecule has 0 aliphatic carbocycles. The summed E-state index contributed by atoms with van der Waals surface area (Å²) in [5.41, 5.74) is -0.207. The molecule has 0 spiro atoms. The van der Waals surface area contributed by atoms with Crippen molar-refractivity contribution in [2.75, 3.05) is 25.1 Å². The van der Waals surface area contributed by atoms with E-state index in [4.69, 9.17) is 4.74 Å². The first kappa shape index (κ1) is 26.8. The first-order chi connectivity index (χ1) is 17.0. The van der Waals surface area contributed by atoms with Crippen LogP contribution in [0.25, 0.3) is 0 Å². The number of nitriles is 1. The Morgan fingerprint density at radius 1 is 1.31 bits per heavy atom. The average Bonchev–Trinajstić information content (AvgIpc) is 2.84. The number of hydrogen-bond acceptors (Lipinski definition) is 8. The molecule has 2 N–H and O–H groups in total. The maximum Gasteiger partial charge on any atom is 0.341 e. The molecule has 0 unspecified atom stereocenters. The quantitative estimate of drug-likeness (QED) is 0.533. The van der Waals surface area contributed by atoms with E-state index in [1.54, 1.807) is 11.8 Å². The molecule has 10 nitrogen and oxygen atoms in total. The van der Waals surface area contributed by atoms with Gasteiger partial charge < -0.3 is 14.7 Å². The number of carboxylic acids is 1. The van der Waals surface area contributed by atoms with Crippen LogP contribution in [-0.4, -0.2) is 50.6 Å². The van der Waals surface area contributed by atoms with E-state index in [0.717, 1.165) is 12.1 Å². The second-order valence-corrected chi connectivity index (χ2v) is 9.87. The molecule has 1 amide bonds. The summed E-state index contributed by atoms with van der Waals surface area (Å²) in [5, 5.41) is 19.3. The van der Waals surface area contributed by atoms with Gasteiger partial charge in [0.05, 0.1) is 18.4 Å². The van der Waals surface area contributed by atoms with E-state index in [0.29, 0.717) is 0 Å². The van der Waals surface area contributed by atoms with E-state index in [2.05, 4.69) is 4.98 Å². The van der Waals surface area contributed by atoms with Gasteiger partial charge >= 0.3 is 5.97 Å². The molecule has 13 heteroatoms. The highest BCUT2D eigenvalue weighted by molar-refractivity contribution is 7.89. The molecular formula is C23H24F2N4O6S. The molecule has 0 radical (unpaired) electrons. The van der Waals surface area contributed by atoms with Crippen molar-refractivity contribution < 1.29 is 36.6 Å². The topological polar surface area (TPSA) is 150 Å². The molecule has 1 aromatic heterocycles. The Morgan fingerprint density at radius 2 is 1.97 bits per heavy atom. The number of carboxylic acid groups (broad SMARTS) is 1. The normalized spacial score (nSPS) is 14.2. The first-order valence-corrected chi connectivity index (χ1v) is 12.6. The van der Waals surface area contributed by atoms with Crippen molar-refractivity contribution >= 4 is 27.7 Å². The van der Waals surface area contributed by atoms with Gasteiger partial charge in [0.1, 0.15) is 11.6 Å². The molecule has 1 saturated heterocycles. The van der Waals surface area contributed by atoms with Gasteiger partial charge in [-0.25, -0.2) is 22.0 Å². The van der Waals surface area contributed by atoms with E-state index >= 15 is 0 Å². The number of pyridine rings is 1. The number of anilines is 1. The largest absolute Gasteiger partial charge is 0.480 e. The lowest BCUT2D eigenvalue weighted by atomic mass is 9.95. The number of rotatable bonds is 8. The summed E-state index contributed by atoms with van der Waals surface area (Å²) >= 11 is 0. The summed E-state index contributed by atoms with van der Waals surface area (Å²) < 4.78 is 59.0. The van der Waals surface area contributed by atoms with E-state index in [9.17, 15) is 37.2 Å². The maximum absolute atomic E-state index is 13.8. The molecule has 0 saturated carbocycles. The molecule has 0 atom stereocenters. The molecule has 2 heterocycles. The summed E-state index contributed by atoms with van der Waals surface area (Å²) in [6.45, 7) is 2.17. The van der Waals surface area contributed by atoms with Gasteiger partial charge in [-0.3, -0.25) is 9.52 Å². The van der Waals surface area contributed by atoms with E-state index in [-0.39, 0.29) is 60.7 Å². The number of hydrogen-bond donors (Lipinski definition) is 2. The minimum atomic E-state index is -4.28. The van der Waals surface area contributed by atoms with Crippen LogP contribution in [0.3, 0.4) is 0 Å². The molecule has 1 aliphatic rings. The maximum atomic E-state index is 13.8. The number of benzene rings is 1. The predicted octanol–water partition coefficient (Wildman–Crippen LogP) is 2.36. The van der Waals surface area contributed by atoms with E-state index in [1.165, 1.54) is 13.2 Å². The van der Waals surface area contributed by atoms with Crippen molar-refractivity contribution in [3.63, 3.8) is 0 Å². The van der Waals surface area contributed by atoms with Crippen molar-refractivity contribution in [2.45, 2.75) is 31.9 Å². The zero-order chi connectivity index (χ0) is 26.6. The van der Waals surface area contributed by atoms with Crippen LogP contribution < -0.4 is 14.4 Å². The molecule has 2 aromatic rings. The van der Waals surface area contributed by atoms with Gasteiger partial charge in [-0.2, -0.15) is 10.2 Å². The average molecular weight is 523 g/mol. The summed E-state index contributed by atoms with van der Waals surface area (Å²) in [6.07, 6.45) is 0.679. The molecule has 1 fully saturated rings. The standard InChI is InChI=1S/C23H24F2N4O6S/c1-3-15-16(11-26)20(27-22(35-2)18(15)23(31)32)29-9-7-13(8-10-29)21(30)28-36(33,34)12-14-5-4-6-17(24)19(14)25/h4-6,13H,3,7-10,12H2,1-2H3,(H,28,30)(H,31,32). The van der Waals surface area contributed by atoms with Crippen molar-refractivity contribution in [1.82, 2.24) is 9.71 Å². The number of aromatic nitrogens is 1. The number of ether oxygens (including phenoxy) is 1. The Morgan fingerprint density at radius 3 is 2.53 bits per heavy atom. The van der Waals surface area contributed by atoms with Gasteiger partial charge in [-0.05, 0) is 30.9 Å². The zero-order valence-corrected chi connectivity index (χ0v) is 20.4. The van der Waals surface area contributed by atoms with Gasteiger partial charge in [0.25, 0.3) is 0 Å². The monoisotopic (exact) mass is 522 g/mol. The smallest absolute Gasteiger partial charge is 0.341 e. The Balaban J connectivity index is 1.74. The summed E-state index contributed by atoms with van der Waals surface area (Å²) in [5.74, 6) is -6.02. The Kier molecular flexibility index (Phi) is 8.09. The minimum Gasteiger partial charge on any atom is -0.480 e. The number of sulfonamides is 1. The lowest BCUT2D eigenvalue weighted by Crippen LogP contribution is -2.43. The highest BCUT2D eigenvalue weighted by Crippen LogP contribution is 2.33. The zero-order valence-electron chi connectivity index (χ0n) is 19.5. The van der Waals surface area contributed by atoms with Crippen LogP contribution in [0.2, 0.25) is 0 Å².